The van der Waals surface area contributed by atoms with E-state index in [1.54, 1.807) is 0 Å². The van der Waals surface area contributed by atoms with Gasteiger partial charge in [0.2, 0.25) is 0 Å². The maximum absolute atomic E-state index is 4.61. The standard InChI is InChI=1S/C4H6N2S4.Zn/c1-2(5-3(7)8)6-4(9)10;/h1H2,(H2,5,7,8)(H2,6,9,10);. The molecule has 0 unspecified atom stereocenters. The van der Waals surface area contributed by atoms with E-state index in [1.165, 1.54) is 0 Å². The summed E-state index contributed by atoms with van der Waals surface area (Å²) >= 11 is 16.8. The summed E-state index contributed by atoms with van der Waals surface area (Å²) in [5.74, 6) is 0.472. The van der Waals surface area contributed by atoms with Crippen LogP contribution in [0.15, 0.2) is 12.4 Å². The van der Waals surface area contributed by atoms with Gasteiger partial charge in [0.15, 0.2) is 0 Å². The zero-order chi connectivity index (χ0) is 8.15. The number of hydrogen-bond donors (Lipinski definition) is 4. The predicted molar refractivity (Wildman–Crippen MR) is 58.6 cm³/mol. The molecule has 0 fully saturated rings. The Morgan fingerprint density at radius 1 is 1.09 bits per heavy atom. The molecule has 0 saturated heterocycles. The van der Waals surface area contributed by atoms with Gasteiger partial charge in [-0.3, -0.25) is 0 Å². The maximum atomic E-state index is 4.61. The first-order valence-corrected chi connectivity index (χ1v) is 3.92. The van der Waals surface area contributed by atoms with Crippen LogP contribution in [-0.2, 0) is 19.5 Å². The van der Waals surface area contributed by atoms with Gasteiger partial charge in [0.05, 0.1) is 0 Å². The molecule has 0 aliphatic heterocycles. The van der Waals surface area contributed by atoms with Crippen molar-refractivity contribution in [1.82, 2.24) is 10.6 Å². The van der Waals surface area contributed by atoms with Crippen molar-refractivity contribution in [3.8, 4) is 0 Å². The van der Waals surface area contributed by atoms with Crippen LogP contribution < -0.4 is 10.6 Å². The summed E-state index contributed by atoms with van der Waals surface area (Å²) in [6.45, 7) is 3.54. The minimum atomic E-state index is 0. The molecule has 0 spiro atoms. The van der Waals surface area contributed by atoms with Gasteiger partial charge in [0, 0.05) is 19.5 Å². The first-order chi connectivity index (χ1) is 4.52. The fourth-order valence-electron chi connectivity index (χ4n) is 0.289. The maximum Gasteiger partial charge on any atom is 0.136 e. The fraction of sp³-hybridized carbons (Fsp3) is 0. The average molecular weight is 276 g/mol. The smallest absolute Gasteiger partial charge is 0.136 e. The van der Waals surface area contributed by atoms with Crippen molar-refractivity contribution >= 4 is 58.3 Å². The number of rotatable bonds is 2. The van der Waals surface area contributed by atoms with E-state index in [0.717, 1.165) is 0 Å². The van der Waals surface area contributed by atoms with Crippen molar-refractivity contribution in [2.45, 2.75) is 0 Å². The van der Waals surface area contributed by atoms with Crippen molar-refractivity contribution in [2.75, 3.05) is 0 Å². The number of nitrogens with one attached hydrogen (secondary N) is 2. The summed E-state index contributed by atoms with van der Waals surface area (Å²) in [4.78, 5) is 0. The molecule has 2 N–H and O–H groups in total. The van der Waals surface area contributed by atoms with Gasteiger partial charge in [0.25, 0.3) is 0 Å². The second-order valence-corrected chi connectivity index (χ2v) is 3.65. The van der Waals surface area contributed by atoms with Crippen molar-refractivity contribution < 1.29 is 19.5 Å². The molecule has 0 aromatic carbocycles. The molecule has 0 aromatic rings. The normalized spacial score (nSPS) is 7.45. The van der Waals surface area contributed by atoms with Gasteiger partial charge >= 0.3 is 0 Å². The van der Waals surface area contributed by atoms with E-state index in [2.05, 4.69) is 66.9 Å². The Morgan fingerprint density at radius 3 is 1.55 bits per heavy atom. The molecule has 0 aromatic heterocycles. The van der Waals surface area contributed by atoms with E-state index in [0.29, 0.717) is 14.5 Å². The molecule has 0 bridgehead atoms. The van der Waals surface area contributed by atoms with Crippen LogP contribution in [0.3, 0.4) is 0 Å². The molecule has 0 aliphatic carbocycles. The van der Waals surface area contributed by atoms with Crippen LogP contribution in [0.5, 0.6) is 0 Å². The van der Waals surface area contributed by atoms with Gasteiger partial charge in [-0.2, -0.15) is 0 Å². The van der Waals surface area contributed by atoms with Gasteiger partial charge in [-0.15, -0.1) is 25.3 Å². The average Bonchev–Trinajstić information content (AvgIpc) is 1.58. The molecular weight excluding hydrogens is 270 g/mol. The first kappa shape index (κ1) is 14.4. The van der Waals surface area contributed by atoms with Crippen molar-refractivity contribution in [3.63, 3.8) is 0 Å². The van der Waals surface area contributed by atoms with Gasteiger partial charge < -0.3 is 10.6 Å². The SMILES string of the molecule is C=C(NC(=S)S)NC(=S)S.[Zn]. The van der Waals surface area contributed by atoms with Gasteiger partial charge in [-0.25, -0.2) is 0 Å². The van der Waals surface area contributed by atoms with E-state index in [-0.39, 0.29) is 19.5 Å². The van der Waals surface area contributed by atoms with Crippen molar-refractivity contribution in [3.05, 3.63) is 12.4 Å². The number of thiol groups is 2. The predicted octanol–water partition coefficient (Wildman–Crippen LogP) is 1.06. The molecule has 2 nitrogen and oxygen atoms in total. The largest absolute Gasteiger partial charge is 0.328 e. The molecule has 0 saturated carbocycles. The monoisotopic (exact) mass is 274 g/mol. The molecule has 0 amide bonds. The summed E-state index contributed by atoms with van der Waals surface area (Å²) in [6.07, 6.45) is 0. The molecule has 58 valence electrons. The second kappa shape index (κ2) is 7.49. The fourth-order valence-corrected chi connectivity index (χ4v) is 0.806. The second-order valence-electron chi connectivity index (χ2n) is 1.34. The van der Waals surface area contributed by atoms with E-state index in [4.69, 9.17) is 0 Å². The zero-order valence-corrected chi connectivity index (χ0v) is 12.0. The van der Waals surface area contributed by atoms with Gasteiger partial charge in [0.1, 0.15) is 14.5 Å². The minimum Gasteiger partial charge on any atom is -0.328 e. The molecule has 0 rings (SSSR count). The third-order valence-corrected chi connectivity index (χ3v) is 0.943. The van der Waals surface area contributed by atoms with Crippen molar-refractivity contribution in [1.29, 1.82) is 0 Å². The minimum absolute atomic E-state index is 0. The van der Waals surface area contributed by atoms with Gasteiger partial charge in [-0.05, 0) is 0 Å². The molecular formula is C4H6N2S4Zn. The van der Waals surface area contributed by atoms with Crippen LogP contribution >= 0.6 is 49.7 Å². The topological polar surface area (TPSA) is 24.1 Å². The third kappa shape index (κ3) is 10.8. The van der Waals surface area contributed by atoms with E-state index in [1.807, 2.05) is 0 Å². The summed E-state index contributed by atoms with van der Waals surface area (Å²) in [7, 11) is 0. The van der Waals surface area contributed by atoms with Crippen LogP contribution in [-0.4, -0.2) is 8.64 Å². The van der Waals surface area contributed by atoms with Crippen LogP contribution in [0.25, 0.3) is 0 Å². The molecule has 0 aliphatic rings. The molecule has 11 heavy (non-hydrogen) atoms. The molecule has 7 heteroatoms. The van der Waals surface area contributed by atoms with E-state index < -0.39 is 0 Å². The van der Waals surface area contributed by atoms with Crippen LogP contribution in [0.1, 0.15) is 0 Å². The summed E-state index contributed by atoms with van der Waals surface area (Å²) < 4.78 is 0.671. The third-order valence-electron chi connectivity index (χ3n) is 0.516. The number of thiocarbonyl (C=S) groups is 2. The molecule has 0 radical (unpaired) electrons. The van der Waals surface area contributed by atoms with E-state index in [9.17, 15) is 0 Å². The summed E-state index contributed by atoms with van der Waals surface area (Å²) in [5, 5.41) is 5.26. The summed E-state index contributed by atoms with van der Waals surface area (Å²) in [5.41, 5.74) is 0. The zero-order valence-electron chi connectivity index (χ0n) is 5.63. The Bertz CT molecular complexity index is 163. The first-order valence-electron chi connectivity index (χ1n) is 2.21. The van der Waals surface area contributed by atoms with Crippen LogP contribution in [0, 0.1) is 0 Å². The Labute approximate surface area is 100 Å². The van der Waals surface area contributed by atoms with E-state index >= 15 is 0 Å². The van der Waals surface area contributed by atoms with Crippen molar-refractivity contribution in [2.24, 2.45) is 0 Å². The quantitative estimate of drug-likeness (QED) is 0.344. The Morgan fingerprint density at radius 2 is 1.36 bits per heavy atom. The molecule has 0 heterocycles. The van der Waals surface area contributed by atoms with Crippen LogP contribution in [0.4, 0.5) is 0 Å². The van der Waals surface area contributed by atoms with Gasteiger partial charge in [-0.1, -0.05) is 31.0 Å². The number of hydrogen-bond acceptors (Lipinski definition) is 2. The Kier molecular flexibility index (Phi) is 9.79. The Hall–Kier alpha value is 0.843. The molecule has 0 atom stereocenters. The Balaban J connectivity index is 0. The van der Waals surface area contributed by atoms with Crippen LogP contribution in [0.2, 0.25) is 0 Å². The summed E-state index contributed by atoms with van der Waals surface area (Å²) in [6, 6.07) is 0.